The molecule has 3 nitrogen and oxygen atoms in total. The highest BCUT2D eigenvalue weighted by Gasteiger charge is 2.27. The molecule has 1 aliphatic rings. The van der Waals surface area contributed by atoms with Crippen LogP contribution in [0.4, 0.5) is 0 Å². The molecule has 1 heterocycles. The molecule has 1 aromatic carbocycles. The molecule has 1 aromatic rings. The molecule has 1 fully saturated rings. The molecule has 98 valence electrons. The third-order valence-electron chi connectivity index (χ3n) is 3.08. The molecule has 0 bridgehead atoms. The van der Waals surface area contributed by atoms with Gasteiger partial charge in [0, 0.05) is 13.1 Å². The first-order valence-corrected chi connectivity index (χ1v) is 6.63. The molecular weight excluding hydrogens is 224 g/mol. The molecule has 0 saturated carbocycles. The Morgan fingerprint density at radius 1 is 1.33 bits per heavy atom. The van der Waals surface area contributed by atoms with Crippen LogP contribution in [-0.4, -0.2) is 29.2 Å². The van der Waals surface area contributed by atoms with E-state index in [2.05, 4.69) is 23.1 Å². The minimum Gasteiger partial charge on any atom is -0.390 e. The molecule has 3 heteroatoms. The molecule has 1 N–H and O–H groups in total. The number of benzene rings is 1. The number of rotatable bonds is 2. The second kappa shape index (κ2) is 7.86. The van der Waals surface area contributed by atoms with E-state index >= 15 is 0 Å². The minimum atomic E-state index is -0.498. The van der Waals surface area contributed by atoms with Gasteiger partial charge in [-0.25, -0.2) is 0 Å². The van der Waals surface area contributed by atoms with Gasteiger partial charge in [0.2, 0.25) is 0 Å². The smallest absolute Gasteiger partial charge is 0.0825 e. The van der Waals surface area contributed by atoms with Gasteiger partial charge in [-0.3, -0.25) is 4.90 Å². The predicted octanol–water partition coefficient (Wildman–Crippen LogP) is 2.42. The molecule has 0 amide bonds. The van der Waals surface area contributed by atoms with Crippen LogP contribution in [0.3, 0.4) is 0 Å². The quantitative estimate of drug-likeness (QED) is 0.871. The molecule has 2 unspecified atom stereocenters. The number of aliphatic hydroxyl groups excluding tert-OH is 1. The van der Waals surface area contributed by atoms with E-state index in [1.54, 1.807) is 0 Å². The van der Waals surface area contributed by atoms with Crippen molar-refractivity contribution in [2.24, 2.45) is 5.92 Å². The number of β-amino-alcohol motifs (C(OH)–C–C–N with tert-alkyl or cyclic N) is 1. The molecule has 2 atom stereocenters. The Morgan fingerprint density at radius 3 is 2.56 bits per heavy atom. The Labute approximate surface area is 110 Å². The van der Waals surface area contributed by atoms with Crippen molar-refractivity contribution in [2.75, 3.05) is 13.1 Å². The van der Waals surface area contributed by atoms with Gasteiger partial charge >= 0.3 is 0 Å². The monoisotopic (exact) mass is 246 g/mol. The van der Waals surface area contributed by atoms with Crippen molar-refractivity contribution in [3.63, 3.8) is 0 Å². The number of hydrogen-bond acceptors (Lipinski definition) is 3. The van der Waals surface area contributed by atoms with Crippen molar-refractivity contribution < 1.29 is 5.11 Å². The average Bonchev–Trinajstić information content (AvgIpc) is 2.42. The molecule has 1 aliphatic heterocycles. The molecule has 0 spiro atoms. The molecule has 1 saturated heterocycles. The van der Waals surface area contributed by atoms with Gasteiger partial charge in [-0.15, -0.1) is 0 Å². The number of piperidine rings is 1. The topological polar surface area (TPSA) is 47.3 Å². The van der Waals surface area contributed by atoms with Crippen molar-refractivity contribution in [2.45, 2.75) is 32.9 Å². The van der Waals surface area contributed by atoms with Gasteiger partial charge in [0.25, 0.3) is 0 Å². The third-order valence-corrected chi connectivity index (χ3v) is 3.08. The maximum Gasteiger partial charge on any atom is 0.0825 e. The molecule has 18 heavy (non-hydrogen) atoms. The number of likely N-dealkylation sites (tertiary alicyclic amines) is 1. The maximum absolute atomic E-state index is 9.75. The van der Waals surface area contributed by atoms with Crippen LogP contribution in [-0.2, 0) is 6.54 Å². The largest absolute Gasteiger partial charge is 0.390 e. The fourth-order valence-electron chi connectivity index (χ4n) is 2.13. The lowest BCUT2D eigenvalue weighted by molar-refractivity contribution is 0.0393. The van der Waals surface area contributed by atoms with Crippen LogP contribution in [0.1, 0.15) is 25.8 Å². The van der Waals surface area contributed by atoms with Crippen molar-refractivity contribution in [1.82, 2.24) is 4.90 Å². The van der Waals surface area contributed by atoms with E-state index < -0.39 is 6.10 Å². The number of nitriles is 1. The van der Waals surface area contributed by atoms with E-state index in [1.807, 2.05) is 32.0 Å². The van der Waals surface area contributed by atoms with Crippen LogP contribution in [0.5, 0.6) is 0 Å². The summed E-state index contributed by atoms with van der Waals surface area (Å²) in [6, 6.07) is 12.4. The first-order chi connectivity index (χ1) is 8.79. The van der Waals surface area contributed by atoms with E-state index in [-0.39, 0.29) is 5.92 Å². The Bertz CT molecular complexity index is 372. The highest BCUT2D eigenvalue weighted by molar-refractivity contribution is 5.14. The van der Waals surface area contributed by atoms with Crippen LogP contribution in [0, 0.1) is 17.2 Å². The Hall–Kier alpha value is -1.37. The average molecular weight is 246 g/mol. The normalized spacial score (nSPS) is 23.7. The van der Waals surface area contributed by atoms with Crippen molar-refractivity contribution >= 4 is 0 Å². The van der Waals surface area contributed by atoms with Gasteiger partial charge in [0.1, 0.15) is 0 Å². The molecule has 0 radical (unpaired) electrons. The van der Waals surface area contributed by atoms with Gasteiger partial charge in [-0.05, 0) is 18.5 Å². The lowest BCUT2D eigenvalue weighted by Crippen LogP contribution is -2.42. The van der Waals surface area contributed by atoms with E-state index in [0.717, 1.165) is 19.5 Å². The first kappa shape index (κ1) is 14.7. The molecule has 2 rings (SSSR count). The fraction of sp³-hybridized carbons (Fsp3) is 0.533. The standard InChI is InChI=1S/C13H16N2O.C2H6/c14-8-12-6-7-15(10-13(12)16)9-11-4-2-1-3-5-11;1-2/h1-5,12-13,16H,6-7,9-10H2;1-2H3. The van der Waals surface area contributed by atoms with Crippen molar-refractivity contribution in [3.05, 3.63) is 35.9 Å². The van der Waals surface area contributed by atoms with E-state index in [0.29, 0.717) is 6.54 Å². The summed E-state index contributed by atoms with van der Waals surface area (Å²) >= 11 is 0. The highest BCUT2D eigenvalue weighted by Crippen LogP contribution is 2.18. The Morgan fingerprint density at radius 2 is 2.00 bits per heavy atom. The molecular formula is C15H22N2O. The zero-order valence-electron chi connectivity index (χ0n) is 11.2. The van der Waals surface area contributed by atoms with E-state index in [1.165, 1.54) is 5.56 Å². The first-order valence-electron chi connectivity index (χ1n) is 6.63. The summed E-state index contributed by atoms with van der Waals surface area (Å²) in [7, 11) is 0. The molecule has 0 aliphatic carbocycles. The summed E-state index contributed by atoms with van der Waals surface area (Å²) in [5.74, 6) is -0.188. The van der Waals surface area contributed by atoms with Crippen LogP contribution in [0.2, 0.25) is 0 Å². The second-order valence-electron chi connectivity index (χ2n) is 4.31. The fourth-order valence-corrected chi connectivity index (χ4v) is 2.13. The summed E-state index contributed by atoms with van der Waals surface area (Å²) in [5.41, 5.74) is 1.25. The zero-order valence-corrected chi connectivity index (χ0v) is 11.2. The Kier molecular flexibility index (Phi) is 6.42. The van der Waals surface area contributed by atoms with Gasteiger partial charge in [0.05, 0.1) is 18.1 Å². The lowest BCUT2D eigenvalue weighted by Gasteiger charge is -2.32. The lowest BCUT2D eigenvalue weighted by atomic mass is 9.95. The van der Waals surface area contributed by atoms with Crippen LogP contribution < -0.4 is 0 Å². The van der Waals surface area contributed by atoms with Crippen LogP contribution in [0.15, 0.2) is 30.3 Å². The SMILES string of the molecule is CC.N#CC1CCN(Cc2ccccc2)CC1O. The third kappa shape index (κ3) is 4.14. The van der Waals surface area contributed by atoms with Gasteiger partial charge < -0.3 is 5.11 Å². The van der Waals surface area contributed by atoms with Crippen molar-refractivity contribution in [3.8, 4) is 6.07 Å². The maximum atomic E-state index is 9.75. The predicted molar refractivity (Wildman–Crippen MR) is 72.8 cm³/mol. The van der Waals surface area contributed by atoms with E-state index in [4.69, 9.17) is 5.26 Å². The van der Waals surface area contributed by atoms with Gasteiger partial charge in [-0.1, -0.05) is 44.2 Å². The molecule has 0 aromatic heterocycles. The Balaban J connectivity index is 0.000000771. The summed E-state index contributed by atoms with van der Waals surface area (Å²) in [6.07, 6.45) is 0.271. The van der Waals surface area contributed by atoms with Crippen LogP contribution in [0.25, 0.3) is 0 Å². The van der Waals surface area contributed by atoms with Gasteiger partial charge in [0.15, 0.2) is 0 Å². The summed E-state index contributed by atoms with van der Waals surface area (Å²) in [4.78, 5) is 2.20. The zero-order chi connectivity index (χ0) is 13.4. The number of hydrogen-bond donors (Lipinski definition) is 1. The van der Waals surface area contributed by atoms with Crippen LogP contribution >= 0.6 is 0 Å². The highest BCUT2D eigenvalue weighted by atomic mass is 16.3. The summed E-state index contributed by atoms with van der Waals surface area (Å²) < 4.78 is 0. The van der Waals surface area contributed by atoms with Crippen molar-refractivity contribution in [1.29, 1.82) is 5.26 Å². The number of aliphatic hydroxyl groups is 1. The number of nitrogens with zero attached hydrogens (tertiary/aromatic N) is 2. The second-order valence-corrected chi connectivity index (χ2v) is 4.31. The minimum absolute atomic E-state index is 0.188. The summed E-state index contributed by atoms with van der Waals surface area (Å²) in [6.45, 7) is 6.35. The summed E-state index contributed by atoms with van der Waals surface area (Å²) in [5, 5.41) is 18.6. The van der Waals surface area contributed by atoms with E-state index in [9.17, 15) is 5.11 Å². The van der Waals surface area contributed by atoms with Gasteiger partial charge in [-0.2, -0.15) is 5.26 Å².